The van der Waals surface area contributed by atoms with Crippen LogP contribution in [-0.4, -0.2) is 33.1 Å². The molecule has 3 N–H and O–H groups in total. The molecule has 0 radical (unpaired) electrons. The molecule has 1 unspecified atom stereocenters. The van der Waals surface area contributed by atoms with Gasteiger partial charge < -0.3 is 15.4 Å². The van der Waals surface area contributed by atoms with Crippen LogP contribution in [0.1, 0.15) is 52.3 Å². The van der Waals surface area contributed by atoms with Gasteiger partial charge in [-0.05, 0) is 52.3 Å². The Labute approximate surface area is 192 Å². The molecule has 1 heterocycles. The summed E-state index contributed by atoms with van der Waals surface area (Å²) in [6.45, 7) is 10.8. The molecule has 0 bridgehead atoms. The predicted octanol–water partition coefficient (Wildman–Crippen LogP) is 2.98. The monoisotopic (exact) mass is 463 g/mol. The van der Waals surface area contributed by atoms with Crippen molar-refractivity contribution in [1.82, 2.24) is 15.0 Å². The summed E-state index contributed by atoms with van der Waals surface area (Å²) in [7, 11) is 0. The number of aryl methyl sites for hydroxylation is 1. The number of rotatable bonds is 8. The van der Waals surface area contributed by atoms with Crippen molar-refractivity contribution in [1.29, 1.82) is 0 Å². The number of anilines is 1. The Morgan fingerprint density at radius 2 is 1.97 bits per heavy atom. The van der Waals surface area contributed by atoms with Crippen molar-refractivity contribution in [3.05, 3.63) is 51.0 Å². The van der Waals surface area contributed by atoms with Crippen molar-refractivity contribution in [3.63, 3.8) is 0 Å². The van der Waals surface area contributed by atoms with Crippen LogP contribution in [0.5, 0.6) is 5.75 Å². The van der Waals surface area contributed by atoms with E-state index in [9.17, 15) is 14.4 Å². The van der Waals surface area contributed by atoms with Crippen LogP contribution in [0.4, 0.5) is 5.82 Å². The summed E-state index contributed by atoms with van der Waals surface area (Å²) >= 11 is 6.07. The third-order valence-electron chi connectivity index (χ3n) is 4.34. The van der Waals surface area contributed by atoms with Gasteiger partial charge in [-0.2, -0.15) is 0 Å². The van der Waals surface area contributed by atoms with Crippen LogP contribution in [0.25, 0.3) is 0 Å². The summed E-state index contributed by atoms with van der Waals surface area (Å²) in [4.78, 5) is 41.2. The maximum absolute atomic E-state index is 13.0. The number of hydrogen-bond donors (Lipinski definition) is 3. The van der Waals surface area contributed by atoms with Crippen LogP contribution in [-0.2, 0) is 16.1 Å². The molecule has 0 saturated carbocycles. The van der Waals surface area contributed by atoms with Crippen LogP contribution in [0.15, 0.2) is 29.2 Å². The minimum Gasteiger partial charge on any atom is -0.480 e. The summed E-state index contributed by atoms with van der Waals surface area (Å²) in [6, 6.07) is 4.95. The summed E-state index contributed by atoms with van der Waals surface area (Å²) in [6.07, 6.45) is 0.966. The maximum Gasteiger partial charge on any atom is 0.312 e. The first kappa shape index (κ1) is 25.2. The highest BCUT2D eigenvalue weighted by Crippen LogP contribution is 2.24. The molecule has 1 aromatic carbocycles. The molecule has 0 spiro atoms. The lowest BCUT2D eigenvalue weighted by molar-refractivity contribution is -0.124. The molecule has 1 aromatic heterocycles. The molecular weight excluding hydrogens is 434 g/mol. The lowest BCUT2D eigenvalue weighted by atomic mass is 10.1. The van der Waals surface area contributed by atoms with Crippen molar-refractivity contribution in [2.24, 2.45) is 0 Å². The normalized spacial score (nSPS) is 12.1. The van der Waals surface area contributed by atoms with E-state index < -0.39 is 17.6 Å². The number of halogens is 1. The average Bonchev–Trinajstić information content (AvgIpc) is 2.70. The first-order chi connectivity index (χ1) is 14.9. The van der Waals surface area contributed by atoms with E-state index in [1.165, 1.54) is 13.1 Å². The number of amides is 2. The minimum atomic E-state index is -0.884. The Morgan fingerprint density at radius 3 is 2.56 bits per heavy atom. The van der Waals surface area contributed by atoms with Gasteiger partial charge in [0.25, 0.3) is 5.91 Å². The molecule has 0 aliphatic rings. The fraction of sp³-hybridized carbons (Fsp3) is 0.455. The minimum absolute atomic E-state index is 0.132. The Bertz CT molecular complexity index is 1050. The number of ether oxygens (including phenoxy) is 1. The predicted molar refractivity (Wildman–Crippen MR) is 125 cm³/mol. The summed E-state index contributed by atoms with van der Waals surface area (Å²) in [5.41, 5.74) is 2.87. The Balaban J connectivity index is 2.26. The van der Waals surface area contributed by atoms with E-state index in [1.807, 2.05) is 20.8 Å². The number of carbonyl (C=O) groups excluding carboxylic acids is 2. The number of benzene rings is 1. The lowest BCUT2D eigenvalue weighted by Gasteiger charge is -2.23. The molecule has 1 atom stereocenters. The van der Waals surface area contributed by atoms with Crippen LogP contribution in [0.2, 0.25) is 5.02 Å². The van der Waals surface area contributed by atoms with Crippen LogP contribution in [0, 0.1) is 6.92 Å². The van der Waals surface area contributed by atoms with Gasteiger partial charge in [-0.15, -0.1) is 0 Å². The average molecular weight is 464 g/mol. The third-order valence-corrected chi connectivity index (χ3v) is 4.57. The van der Waals surface area contributed by atoms with E-state index in [-0.39, 0.29) is 23.8 Å². The SMILES string of the molecule is CCC(Oc1ccc(Cl)cc1CNC(C)=O)C(=O)Nn1c(C)cnc(NC(C)(C)C)c1=O. The Hall–Kier alpha value is -3.07. The molecule has 0 fully saturated rings. The zero-order chi connectivity index (χ0) is 24.1. The molecule has 174 valence electrons. The number of carbonyl (C=O) groups is 2. The second kappa shape index (κ2) is 10.5. The molecule has 32 heavy (non-hydrogen) atoms. The molecule has 10 heteroatoms. The second-order valence-corrected chi connectivity index (χ2v) is 8.85. The van der Waals surface area contributed by atoms with E-state index >= 15 is 0 Å². The Kier molecular flexibility index (Phi) is 8.26. The van der Waals surface area contributed by atoms with Crippen molar-refractivity contribution in [2.75, 3.05) is 10.7 Å². The number of hydrogen-bond acceptors (Lipinski definition) is 6. The molecule has 0 aliphatic heterocycles. The van der Waals surface area contributed by atoms with E-state index in [1.54, 1.807) is 32.0 Å². The van der Waals surface area contributed by atoms with Gasteiger partial charge in [-0.1, -0.05) is 18.5 Å². The molecule has 0 saturated heterocycles. The van der Waals surface area contributed by atoms with Gasteiger partial charge in [0.1, 0.15) is 5.75 Å². The third kappa shape index (κ3) is 6.98. The molecular formula is C22H30ClN5O4. The Morgan fingerprint density at radius 1 is 1.28 bits per heavy atom. The highest BCUT2D eigenvalue weighted by Gasteiger charge is 2.23. The van der Waals surface area contributed by atoms with E-state index in [0.29, 0.717) is 28.5 Å². The van der Waals surface area contributed by atoms with Gasteiger partial charge in [0, 0.05) is 29.6 Å². The van der Waals surface area contributed by atoms with Gasteiger partial charge in [0.2, 0.25) is 5.91 Å². The maximum atomic E-state index is 13.0. The highest BCUT2D eigenvalue weighted by atomic mass is 35.5. The molecule has 2 aromatic rings. The number of nitrogens with one attached hydrogen (secondary N) is 3. The van der Waals surface area contributed by atoms with Crippen molar-refractivity contribution in [2.45, 2.75) is 66.2 Å². The van der Waals surface area contributed by atoms with Crippen LogP contribution < -0.4 is 26.4 Å². The topological polar surface area (TPSA) is 114 Å². The fourth-order valence-corrected chi connectivity index (χ4v) is 2.99. The quantitative estimate of drug-likeness (QED) is 0.554. The molecule has 0 aliphatic carbocycles. The van der Waals surface area contributed by atoms with Gasteiger partial charge in [-0.3, -0.25) is 19.8 Å². The van der Waals surface area contributed by atoms with Crippen LogP contribution in [0.3, 0.4) is 0 Å². The fourth-order valence-electron chi connectivity index (χ4n) is 2.80. The summed E-state index contributed by atoms with van der Waals surface area (Å²) in [5.74, 6) is -0.148. The number of aromatic nitrogens is 2. The zero-order valence-corrected chi connectivity index (χ0v) is 20.0. The van der Waals surface area contributed by atoms with E-state index in [0.717, 1.165) is 4.68 Å². The molecule has 2 amide bonds. The molecule has 2 rings (SSSR count). The van der Waals surface area contributed by atoms with Gasteiger partial charge in [0.05, 0.1) is 11.9 Å². The van der Waals surface area contributed by atoms with E-state index in [4.69, 9.17) is 16.3 Å². The van der Waals surface area contributed by atoms with Gasteiger partial charge in [-0.25, -0.2) is 9.66 Å². The number of nitrogens with zero attached hydrogens (tertiary/aromatic N) is 2. The van der Waals surface area contributed by atoms with Gasteiger partial charge in [0.15, 0.2) is 11.9 Å². The van der Waals surface area contributed by atoms with E-state index in [2.05, 4.69) is 21.0 Å². The first-order valence-corrected chi connectivity index (χ1v) is 10.7. The second-order valence-electron chi connectivity index (χ2n) is 8.42. The smallest absolute Gasteiger partial charge is 0.312 e. The lowest BCUT2D eigenvalue weighted by Crippen LogP contribution is -2.43. The summed E-state index contributed by atoms with van der Waals surface area (Å²) < 4.78 is 7.09. The van der Waals surface area contributed by atoms with Crippen molar-refractivity contribution < 1.29 is 14.3 Å². The molecule has 9 nitrogen and oxygen atoms in total. The first-order valence-electron chi connectivity index (χ1n) is 10.3. The largest absolute Gasteiger partial charge is 0.480 e. The zero-order valence-electron chi connectivity index (χ0n) is 19.2. The standard InChI is InChI=1S/C22H30ClN5O4/c1-7-17(32-18-9-8-16(23)10-15(18)12-24-14(3)29)20(30)27-28-13(2)11-25-19(21(28)31)26-22(4,5)6/h8-11,17H,7,12H2,1-6H3,(H,24,29)(H,25,26)(H,27,30). The van der Waals surface area contributed by atoms with Crippen LogP contribution >= 0.6 is 11.6 Å². The van der Waals surface area contributed by atoms with Gasteiger partial charge >= 0.3 is 5.56 Å². The van der Waals surface area contributed by atoms with Crippen molar-refractivity contribution >= 4 is 29.2 Å². The highest BCUT2D eigenvalue weighted by molar-refractivity contribution is 6.30. The van der Waals surface area contributed by atoms with Crippen molar-refractivity contribution in [3.8, 4) is 5.75 Å². The summed E-state index contributed by atoms with van der Waals surface area (Å²) in [5, 5.41) is 6.21.